The molecule has 2 rings (SSSR count). The molecular formula is C10H6ClNO2. The Kier molecular flexibility index (Phi) is 2.33. The minimum absolute atomic E-state index is 0.244. The molecule has 0 spiro atoms. The molecule has 4 heteroatoms. The smallest absolute Gasteiger partial charge is 0.246 e. The van der Waals surface area contributed by atoms with Crippen LogP contribution in [0.3, 0.4) is 0 Å². The van der Waals surface area contributed by atoms with Gasteiger partial charge >= 0.3 is 0 Å². The Bertz CT molecular complexity index is 434. The predicted octanol–water partition coefficient (Wildman–Crippen LogP) is 2.56. The summed E-state index contributed by atoms with van der Waals surface area (Å²) in [5.41, 5.74) is 0.323. The fraction of sp³-hybridized carbons (Fsp3) is 0. The van der Waals surface area contributed by atoms with Crippen molar-refractivity contribution < 1.29 is 9.21 Å². The molecule has 0 unspecified atom stereocenters. The number of hydrogen-bond donors (Lipinski definition) is 0. The zero-order valence-electron chi connectivity index (χ0n) is 7.11. The maximum Gasteiger partial charge on any atom is 0.246 e. The molecule has 0 aliphatic heterocycles. The van der Waals surface area contributed by atoms with Gasteiger partial charge in [-0.05, 0) is 24.3 Å². The zero-order chi connectivity index (χ0) is 9.97. The third-order valence-corrected chi connectivity index (χ3v) is 1.93. The van der Waals surface area contributed by atoms with Crippen molar-refractivity contribution >= 4 is 17.4 Å². The van der Waals surface area contributed by atoms with Crippen LogP contribution in [0.15, 0.2) is 41.1 Å². The first kappa shape index (κ1) is 8.97. The van der Waals surface area contributed by atoms with E-state index in [-0.39, 0.29) is 11.5 Å². The number of carbonyl (C=O) groups excluding carboxylic acids is 1. The summed E-state index contributed by atoms with van der Waals surface area (Å²) >= 11 is 5.64. The molecular weight excluding hydrogens is 202 g/mol. The summed E-state index contributed by atoms with van der Waals surface area (Å²) in [6, 6.07) is 6.43. The lowest BCUT2D eigenvalue weighted by Crippen LogP contribution is -2.01. The molecule has 0 amide bonds. The van der Waals surface area contributed by atoms with Gasteiger partial charge < -0.3 is 4.42 Å². The zero-order valence-corrected chi connectivity index (χ0v) is 7.86. The van der Waals surface area contributed by atoms with Crippen molar-refractivity contribution in [2.75, 3.05) is 0 Å². The molecule has 0 atom stereocenters. The summed E-state index contributed by atoms with van der Waals surface area (Å²) in [5, 5.41) is 0.501. The van der Waals surface area contributed by atoms with Crippen molar-refractivity contribution in [3.05, 3.63) is 53.2 Å². The second-order valence-corrected chi connectivity index (χ2v) is 3.10. The van der Waals surface area contributed by atoms with Gasteiger partial charge in [-0.2, -0.15) is 0 Å². The first-order valence-electron chi connectivity index (χ1n) is 3.97. The van der Waals surface area contributed by atoms with Gasteiger partial charge in [-0.3, -0.25) is 9.78 Å². The Hall–Kier alpha value is -1.61. The van der Waals surface area contributed by atoms with Gasteiger partial charge in [0, 0.05) is 6.20 Å². The standard InChI is InChI=1S/C10H6ClNO2/c11-7-3-4-8(12-6-7)10(13)9-2-1-5-14-9/h1-6H. The molecule has 0 bridgehead atoms. The molecule has 3 nitrogen and oxygen atoms in total. The van der Waals surface area contributed by atoms with E-state index in [0.29, 0.717) is 10.7 Å². The third kappa shape index (κ3) is 1.67. The van der Waals surface area contributed by atoms with E-state index >= 15 is 0 Å². The van der Waals surface area contributed by atoms with Crippen LogP contribution >= 0.6 is 11.6 Å². The second-order valence-electron chi connectivity index (χ2n) is 2.67. The monoisotopic (exact) mass is 207 g/mol. The van der Waals surface area contributed by atoms with Crippen LogP contribution in [0.2, 0.25) is 5.02 Å². The van der Waals surface area contributed by atoms with Crippen LogP contribution in [0.5, 0.6) is 0 Å². The van der Waals surface area contributed by atoms with Gasteiger partial charge in [-0.25, -0.2) is 0 Å². The van der Waals surface area contributed by atoms with Gasteiger partial charge in [0.25, 0.3) is 0 Å². The summed E-state index contributed by atoms with van der Waals surface area (Å²) in [6.45, 7) is 0. The van der Waals surface area contributed by atoms with E-state index in [0.717, 1.165) is 0 Å². The first-order valence-corrected chi connectivity index (χ1v) is 4.35. The van der Waals surface area contributed by atoms with E-state index in [1.807, 2.05) is 0 Å². The fourth-order valence-electron chi connectivity index (χ4n) is 1.04. The summed E-state index contributed by atoms with van der Waals surface area (Å²) < 4.78 is 4.96. The number of furan rings is 1. The van der Waals surface area contributed by atoms with Gasteiger partial charge in [-0.15, -0.1) is 0 Å². The van der Waals surface area contributed by atoms with Crippen LogP contribution in [0.25, 0.3) is 0 Å². The highest BCUT2D eigenvalue weighted by Gasteiger charge is 2.12. The van der Waals surface area contributed by atoms with E-state index in [2.05, 4.69) is 4.98 Å². The van der Waals surface area contributed by atoms with Crippen molar-refractivity contribution in [1.82, 2.24) is 4.98 Å². The molecule has 0 fully saturated rings. The number of nitrogens with zero attached hydrogens (tertiary/aromatic N) is 1. The van der Waals surface area contributed by atoms with Crippen LogP contribution in [0.1, 0.15) is 16.2 Å². The van der Waals surface area contributed by atoms with Gasteiger partial charge in [-0.1, -0.05) is 11.6 Å². The lowest BCUT2D eigenvalue weighted by Gasteiger charge is -1.95. The minimum Gasteiger partial charge on any atom is -0.461 e. The lowest BCUT2D eigenvalue weighted by atomic mass is 10.2. The summed E-state index contributed by atoms with van der Waals surface area (Å²) in [5.74, 6) is 0.0338. The Labute approximate surface area is 85.3 Å². The second kappa shape index (κ2) is 3.64. The van der Waals surface area contributed by atoms with Gasteiger partial charge in [0.1, 0.15) is 5.69 Å². The first-order chi connectivity index (χ1) is 6.77. The topological polar surface area (TPSA) is 43.1 Å². The average Bonchev–Trinajstić information content (AvgIpc) is 2.71. The number of rotatable bonds is 2. The van der Waals surface area contributed by atoms with Crippen LogP contribution in [-0.4, -0.2) is 10.8 Å². The number of ketones is 1. The molecule has 2 aromatic rings. The Morgan fingerprint density at radius 2 is 2.21 bits per heavy atom. The third-order valence-electron chi connectivity index (χ3n) is 1.70. The summed E-state index contributed by atoms with van der Waals surface area (Å²) in [6.07, 6.45) is 2.88. The van der Waals surface area contributed by atoms with Gasteiger partial charge in [0.15, 0.2) is 5.76 Å². The largest absolute Gasteiger partial charge is 0.461 e. The van der Waals surface area contributed by atoms with Crippen molar-refractivity contribution in [1.29, 1.82) is 0 Å². The highest BCUT2D eigenvalue weighted by Crippen LogP contribution is 2.11. The van der Waals surface area contributed by atoms with Gasteiger partial charge in [0.2, 0.25) is 5.78 Å². The van der Waals surface area contributed by atoms with Crippen LogP contribution in [0, 0.1) is 0 Å². The van der Waals surface area contributed by atoms with E-state index in [1.54, 1.807) is 24.3 Å². The molecule has 0 saturated heterocycles. The molecule has 2 heterocycles. The fourth-order valence-corrected chi connectivity index (χ4v) is 1.16. The van der Waals surface area contributed by atoms with Crippen LogP contribution < -0.4 is 0 Å². The normalized spacial score (nSPS) is 10.1. The van der Waals surface area contributed by atoms with E-state index in [4.69, 9.17) is 16.0 Å². The molecule has 0 aliphatic carbocycles. The Morgan fingerprint density at radius 1 is 1.36 bits per heavy atom. The molecule has 2 aromatic heterocycles. The van der Waals surface area contributed by atoms with E-state index in [1.165, 1.54) is 12.5 Å². The number of hydrogen-bond acceptors (Lipinski definition) is 3. The maximum absolute atomic E-state index is 11.6. The number of halogens is 1. The molecule has 70 valence electrons. The molecule has 0 aromatic carbocycles. The summed E-state index contributed by atoms with van der Waals surface area (Å²) in [7, 11) is 0. The highest BCUT2D eigenvalue weighted by molar-refractivity contribution is 6.30. The minimum atomic E-state index is -0.244. The SMILES string of the molecule is O=C(c1ccc(Cl)cn1)c1ccco1. The maximum atomic E-state index is 11.6. The molecule has 0 N–H and O–H groups in total. The molecule has 0 aliphatic rings. The number of aromatic nitrogens is 1. The Morgan fingerprint density at radius 3 is 2.79 bits per heavy atom. The molecule has 0 saturated carbocycles. The summed E-state index contributed by atoms with van der Waals surface area (Å²) in [4.78, 5) is 15.5. The highest BCUT2D eigenvalue weighted by atomic mass is 35.5. The quantitative estimate of drug-likeness (QED) is 0.711. The van der Waals surface area contributed by atoms with Crippen molar-refractivity contribution in [2.24, 2.45) is 0 Å². The van der Waals surface area contributed by atoms with Crippen molar-refractivity contribution in [3.63, 3.8) is 0 Å². The lowest BCUT2D eigenvalue weighted by molar-refractivity contribution is 0.100. The molecule has 14 heavy (non-hydrogen) atoms. The number of carbonyl (C=O) groups is 1. The Balaban J connectivity index is 2.33. The van der Waals surface area contributed by atoms with Crippen LogP contribution in [0.4, 0.5) is 0 Å². The van der Waals surface area contributed by atoms with E-state index < -0.39 is 0 Å². The molecule has 0 radical (unpaired) electrons. The van der Waals surface area contributed by atoms with E-state index in [9.17, 15) is 4.79 Å². The van der Waals surface area contributed by atoms with Crippen LogP contribution in [-0.2, 0) is 0 Å². The predicted molar refractivity (Wildman–Crippen MR) is 51.4 cm³/mol. The van der Waals surface area contributed by atoms with Gasteiger partial charge in [0.05, 0.1) is 11.3 Å². The van der Waals surface area contributed by atoms with Crippen molar-refractivity contribution in [2.45, 2.75) is 0 Å². The van der Waals surface area contributed by atoms with Crippen molar-refractivity contribution in [3.8, 4) is 0 Å². The average molecular weight is 208 g/mol. The number of pyridine rings is 1.